The Hall–Kier alpha value is -2.90. The molecule has 0 fully saturated rings. The van der Waals surface area contributed by atoms with Crippen LogP contribution in [0, 0.1) is 0 Å². The third-order valence-electron chi connectivity index (χ3n) is 4.14. The number of aryl methyl sites for hydroxylation is 1. The molecule has 1 aromatic heterocycles. The molecular formula is C19H16Cl2N4O3. The monoisotopic (exact) mass is 418 g/mol. The Balaban J connectivity index is 2.01. The molecule has 0 spiro atoms. The summed E-state index contributed by atoms with van der Waals surface area (Å²) in [4.78, 5) is 24.9. The summed E-state index contributed by atoms with van der Waals surface area (Å²) in [5.74, 6) is -0.767. The largest absolute Gasteiger partial charge is 0.506 e. The number of hydrogen-bond acceptors (Lipinski definition) is 5. The Morgan fingerprint density at radius 1 is 1.25 bits per heavy atom. The fourth-order valence-electron chi connectivity index (χ4n) is 2.75. The lowest BCUT2D eigenvalue weighted by atomic mass is 10.1. The lowest BCUT2D eigenvalue weighted by Crippen LogP contribution is -2.27. The molecule has 0 radical (unpaired) electrons. The number of phenols is 1. The van der Waals surface area contributed by atoms with Crippen LogP contribution in [0.5, 0.6) is 5.75 Å². The molecule has 0 aliphatic carbocycles. The summed E-state index contributed by atoms with van der Waals surface area (Å²) in [6, 6.07) is 9.62. The van der Waals surface area contributed by atoms with E-state index in [1.165, 1.54) is 19.2 Å². The van der Waals surface area contributed by atoms with Gasteiger partial charge in [0.15, 0.2) is 5.69 Å². The van der Waals surface area contributed by atoms with Gasteiger partial charge in [0.1, 0.15) is 5.75 Å². The molecule has 9 heteroatoms. The van der Waals surface area contributed by atoms with Crippen LogP contribution >= 0.6 is 23.2 Å². The van der Waals surface area contributed by atoms with Crippen molar-refractivity contribution in [3.05, 3.63) is 68.1 Å². The number of benzene rings is 2. The molecule has 1 amide bonds. The zero-order valence-electron chi connectivity index (χ0n) is 15.0. The van der Waals surface area contributed by atoms with E-state index in [1.54, 1.807) is 31.2 Å². The molecule has 3 aromatic rings. The summed E-state index contributed by atoms with van der Waals surface area (Å²) in [6.45, 7) is 1.80. The van der Waals surface area contributed by atoms with Gasteiger partial charge in [0, 0.05) is 23.0 Å². The van der Waals surface area contributed by atoms with E-state index in [0.717, 1.165) is 4.68 Å². The fraction of sp³-hybridized carbons (Fsp3) is 0.158. The van der Waals surface area contributed by atoms with E-state index in [4.69, 9.17) is 23.2 Å². The predicted molar refractivity (Wildman–Crippen MR) is 109 cm³/mol. The number of phenolic OH excluding ortho intramolecular Hbond substituents is 1. The molecule has 2 aromatic carbocycles. The number of aromatic nitrogens is 2. The zero-order chi connectivity index (χ0) is 20.4. The first-order valence-electron chi connectivity index (χ1n) is 8.34. The molecule has 0 saturated carbocycles. The number of rotatable bonds is 4. The number of fused-ring (bicyclic) bond motifs is 1. The van der Waals surface area contributed by atoms with E-state index >= 15 is 0 Å². The standard InChI is InChI=1S/C19H16Cl2N4O3/c1-3-15(13-8-10(20)9-14(21)17(13)26)22-23-18(27)16-11-6-4-5-7-12(11)19(28)25(2)24-16/h4-9,26H,3H2,1-2H3,(H,23,27)/b22-15+. The number of nitrogens with zero attached hydrogens (tertiary/aromatic N) is 3. The van der Waals surface area contributed by atoms with Crippen LogP contribution in [0.15, 0.2) is 46.3 Å². The van der Waals surface area contributed by atoms with Crippen molar-refractivity contribution < 1.29 is 9.90 Å². The van der Waals surface area contributed by atoms with Crippen molar-refractivity contribution in [1.29, 1.82) is 0 Å². The Bertz CT molecular complexity index is 1170. The number of aromatic hydroxyl groups is 1. The van der Waals surface area contributed by atoms with Crippen LogP contribution in [0.4, 0.5) is 0 Å². The van der Waals surface area contributed by atoms with Gasteiger partial charge in [-0.05, 0) is 24.6 Å². The van der Waals surface area contributed by atoms with Crippen molar-refractivity contribution in [3.63, 3.8) is 0 Å². The van der Waals surface area contributed by atoms with E-state index in [0.29, 0.717) is 33.5 Å². The zero-order valence-corrected chi connectivity index (χ0v) is 16.5. The molecule has 0 saturated heterocycles. The van der Waals surface area contributed by atoms with Gasteiger partial charge in [-0.1, -0.05) is 48.3 Å². The average Bonchev–Trinajstić information content (AvgIpc) is 2.68. The van der Waals surface area contributed by atoms with Gasteiger partial charge in [0.05, 0.1) is 16.1 Å². The molecule has 1 heterocycles. The van der Waals surface area contributed by atoms with Gasteiger partial charge in [-0.15, -0.1) is 0 Å². The molecule has 0 atom stereocenters. The van der Waals surface area contributed by atoms with E-state index in [1.807, 2.05) is 0 Å². The maximum absolute atomic E-state index is 12.7. The van der Waals surface area contributed by atoms with Crippen molar-refractivity contribution in [1.82, 2.24) is 15.2 Å². The highest BCUT2D eigenvalue weighted by Gasteiger charge is 2.17. The first kappa shape index (κ1) is 19.9. The minimum atomic E-state index is -0.592. The van der Waals surface area contributed by atoms with Crippen molar-refractivity contribution in [2.24, 2.45) is 12.1 Å². The number of hydrazone groups is 1. The van der Waals surface area contributed by atoms with Crippen LogP contribution in [0.1, 0.15) is 29.4 Å². The second-order valence-electron chi connectivity index (χ2n) is 5.96. The van der Waals surface area contributed by atoms with Gasteiger partial charge in [-0.25, -0.2) is 10.1 Å². The number of amides is 1. The average molecular weight is 419 g/mol. The topological polar surface area (TPSA) is 96.6 Å². The summed E-state index contributed by atoms with van der Waals surface area (Å²) in [6.07, 6.45) is 0.395. The predicted octanol–water partition coefficient (Wildman–Crippen LogP) is 3.49. The second kappa shape index (κ2) is 8.00. The van der Waals surface area contributed by atoms with Gasteiger partial charge in [0.25, 0.3) is 11.5 Å². The molecule has 3 rings (SSSR count). The van der Waals surface area contributed by atoms with E-state index < -0.39 is 5.91 Å². The van der Waals surface area contributed by atoms with Crippen molar-refractivity contribution >= 4 is 45.6 Å². The van der Waals surface area contributed by atoms with Gasteiger partial charge in [-0.3, -0.25) is 9.59 Å². The maximum Gasteiger partial charge on any atom is 0.292 e. The van der Waals surface area contributed by atoms with Gasteiger partial charge in [0.2, 0.25) is 0 Å². The lowest BCUT2D eigenvalue weighted by molar-refractivity contribution is 0.0949. The third kappa shape index (κ3) is 3.72. The van der Waals surface area contributed by atoms with Crippen LogP contribution in [-0.4, -0.2) is 26.5 Å². The molecule has 2 N–H and O–H groups in total. The molecule has 0 aliphatic rings. The number of hydrogen-bond donors (Lipinski definition) is 2. The highest BCUT2D eigenvalue weighted by atomic mass is 35.5. The van der Waals surface area contributed by atoms with Crippen LogP contribution in [0.2, 0.25) is 10.0 Å². The quantitative estimate of drug-likeness (QED) is 0.500. The van der Waals surface area contributed by atoms with E-state index in [2.05, 4.69) is 15.6 Å². The minimum absolute atomic E-state index is 0.0604. The highest BCUT2D eigenvalue weighted by Crippen LogP contribution is 2.32. The molecule has 7 nitrogen and oxygen atoms in total. The third-order valence-corrected chi connectivity index (χ3v) is 4.64. The van der Waals surface area contributed by atoms with Crippen LogP contribution in [0.25, 0.3) is 10.8 Å². The maximum atomic E-state index is 12.7. The Labute approximate surface area is 170 Å². The molecule has 0 unspecified atom stereocenters. The van der Waals surface area contributed by atoms with Crippen molar-refractivity contribution in [2.75, 3.05) is 0 Å². The van der Waals surface area contributed by atoms with Crippen molar-refractivity contribution in [2.45, 2.75) is 13.3 Å². The number of carbonyl (C=O) groups is 1. The minimum Gasteiger partial charge on any atom is -0.506 e. The van der Waals surface area contributed by atoms with E-state index in [9.17, 15) is 14.7 Å². The Morgan fingerprint density at radius 2 is 1.93 bits per heavy atom. The first-order valence-corrected chi connectivity index (χ1v) is 9.10. The molecule has 144 valence electrons. The smallest absolute Gasteiger partial charge is 0.292 e. The van der Waals surface area contributed by atoms with Crippen LogP contribution < -0.4 is 11.0 Å². The molecular weight excluding hydrogens is 403 g/mol. The summed E-state index contributed by atoms with van der Waals surface area (Å²) >= 11 is 12.0. The molecule has 28 heavy (non-hydrogen) atoms. The van der Waals surface area contributed by atoms with Crippen LogP contribution in [0.3, 0.4) is 0 Å². The summed E-state index contributed by atoms with van der Waals surface area (Å²) in [7, 11) is 1.47. The SMILES string of the molecule is CC/C(=N\NC(=O)c1nn(C)c(=O)c2ccccc12)c1cc(Cl)cc(Cl)c1O. The number of carbonyl (C=O) groups excluding carboxylic acids is 1. The summed E-state index contributed by atoms with van der Waals surface area (Å²) < 4.78 is 1.10. The Kier molecular flexibility index (Phi) is 5.67. The lowest BCUT2D eigenvalue weighted by Gasteiger charge is -2.10. The van der Waals surface area contributed by atoms with E-state index in [-0.39, 0.29) is 22.0 Å². The van der Waals surface area contributed by atoms with Crippen molar-refractivity contribution in [3.8, 4) is 5.75 Å². The van der Waals surface area contributed by atoms with Crippen LogP contribution in [-0.2, 0) is 7.05 Å². The van der Waals surface area contributed by atoms with Gasteiger partial charge < -0.3 is 5.11 Å². The fourth-order valence-corrected chi connectivity index (χ4v) is 3.25. The first-order chi connectivity index (χ1) is 13.3. The normalized spacial score (nSPS) is 11.6. The summed E-state index contributed by atoms with van der Waals surface area (Å²) in [5.41, 5.74) is 2.88. The van der Waals surface area contributed by atoms with Gasteiger partial charge >= 0.3 is 0 Å². The Morgan fingerprint density at radius 3 is 2.61 bits per heavy atom. The molecule has 0 aliphatic heterocycles. The highest BCUT2D eigenvalue weighted by molar-refractivity contribution is 6.36. The second-order valence-corrected chi connectivity index (χ2v) is 6.80. The number of nitrogens with one attached hydrogen (secondary N) is 1. The number of halogens is 2. The summed E-state index contributed by atoms with van der Waals surface area (Å²) in [5, 5.41) is 19.6. The van der Waals surface area contributed by atoms with Gasteiger partial charge in [-0.2, -0.15) is 10.2 Å². The molecule has 0 bridgehead atoms.